The van der Waals surface area contributed by atoms with Gasteiger partial charge in [-0.05, 0) is 30.9 Å². The van der Waals surface area contributed by atoms with E-state index in [2.05, 4.69) is 0 Å². The fourth-order valence-corrected chi connectivity index (χ4v) is 3.36. The first-order valence-corrected chi connectivity index (χ1v) is 7.19. The molecule has 1 aliphatic carbocycles. The van der Waals surface area contributed by atoms with Gasteiger partial charge in [0.05, 0.1) is 13.7 Å². The van der Waals surface area contributed by atoms with E-state index in [1.807, 2.05) is 6.92 Å². The highest BCUT2D eigenvalue weighted by Crippen LogP contribution is 2.37. The second kappa shape index (κ2) is 6.61. The van der Waals surface area contributed by atoms with E-state index in [0.717, 1.165) is 31.4 Å². The minimum absolute atomic E-state index is 0.195. The quantitative estimate of drug-likeness (QED) is 0.702. The largest absolute Gasteiger partial charge is 0.468 e. The molecule has 0 bridgehead atoms. The molecule has 17 heavy (non-hydrogen) atoms. The SMILES string of the molecule is COC(=O)C1(N)CCCC1CCSC(C)CO. The van der Waals surface area contributed by atoms with Crippen LogP contribution < -0.4 is 5.73 Å². The average molecular weight is 261 g/mol. The Balaban J connectivity index is 2.44. The van der Waals surface area contributed by atoms with Crippen LogP contribution in [0.25, 0.3) is 0 Å². The lowest BCUT2D eigenvalue weighted by Crippen LogP contribution is -2.51. The highest BCUT2D eigenvalue weighted by atomic mass is 32.2. The van der Waals surface area contributed by atoms with E-state index in [4.69, 9.17) is 15.6 Å². The molecule has 0 aromatic heterocycles. The molecule has 5 heteroatoms. The Morgan fingerprint density at radius 1 is 1.71 bits per heavy atom. The van der Waals surface area contributed by atoms with Crippen LogP contribution in [0.1, 0.15) is 32.6 Å². The number of carbonyl (C=O) groups is 1. The van der Waals surface area contributed by atoms with Crippen LogP contribution in [0.4, 0.5) is 0 Å². The number of esters is 1. The van der Waals surface area contributed by atoms with Crippen LogP contribution in [0.5, 0.6) is 0 Å². The lowest BCUT2D eigenvalue weighted by molar-refractivity contribution is -0.148. The summed E-state index contributed by atoms with van der Waals surface area (Å²) in [7, 11) is 1.40. The van der Waals surface area contributed by atoms with Crippen molar-refractivity contribution in [1.29, 1.82) is 0 Å². The van der Waals surface area contributed by atoms with Gasteiger partial charge in [0.2, 0.25) is 0 Å². The fourth-order valence-electron chi connectivity index (χ4n) is 2.43. The molecule has 0 aliphatic heterocycles. The monoisotopic (exact) mass is 261 g/mol. The third-order valence-corrected chi connectivity index (χ3v) is 4.75. The Kier molecular flexibility index (Phi) is 5.76. The van der Waals surface area contributed by atoms with Gasteiger partial charge in [-0.2, -0.15) is 11.8 Å². The van der Waals surface area contributed by atoms with Crippen molar-refractivity contribution >= 4 is 17.7 Å². The maximum atomic E-state index is 11.7. The second-order valence-electron chi connectivity index (χ2n) is 4.77. The molecule has 4 nitrogen and oxygen atoms in total. The molecule has 1 rings (SSSR count). The van der Waals surface area contributed by atoms with Crippen LogP contribution >= 0.6 is 11.8 Å². The van der Waals surface area contributed by atoms with Crippen molar-refractivity contribution in [2.24, 2.45) is 11.7 Å². The van der Waals surface area contributed by atoms with Crippen LogP contribution in [0.3, 0.4) is 0 Å². The molecular weight excluding hydrogens is 238 g/mol. The maximum Gasteiger partial charge on any atom is 0.326 e. The van der Waals surface area contributed by atoms with E-state index < -0.39 is 5.54 Å². The van der Waals surface area contributed by atoms with E-state index in [1.54, 1.807) is 11.8 Å². The highest BCUT2D eigenvalue weighted by Gasteiger charge is 2.46. The summed E-state index contributed by atoms with van der Waals surface area (Å²) < 4.78 is 4.81. The van der Waals surface area contributed by atoms with Crippen LogP contribution in [-0.4, -0.2) is 41.3 Å². The van der Waals surface area contributed by atoms with Gasteiger partial charge in [-0.25, -0.2) is 0 Å². The zero-order chi connectivity index (χ0) is 12.9. The molecule has 3 atom stereocenters. The number of aliphatic hydroxyl groups is 1. The topological polar surface area (TPSA) is 72.5 Å². The van der Waals surface area contributed by atoms with Gasteiger partial charge in [0.25, 0.3) is 0 Å². The van der Waals surface area contributed by atoms with Gasteiger partial charge in [-0.3, -0.25) is 4.79 Å². The van der Waals surface area contributed by atoms with Crippen molar-refractivity contribution in [1.82, 2.24) is 0 Å². The predicted octanol–water partition coefficient (Wildman–Crippen LogP) is 1.16. The lowest BCUT2D eigenvalue weighted by Gasteiger charge is -2.28. The molecular formula is C12H23NO3S. The minimum atomic E-state index is -0.780. The number of rotatable bonds is 6. The van der Waals surface area contributed by atoms with Crippen molar-refractivity contribution in [2.45, 2.75) is 43.4 Å². The standard InChI is InChI=1S/C12H23NO3S/c1-9(8-14)17-7-5-10-4-3-6-12(10,13)11(15)16-2/h9-10,14H,3-8,13H2,1-2H3. The Labute approximate surface area is 107 Å². The van der Waals surface area contributed by atoms with Crippen LogP contribution in [0, 0.1) is 5.92 Å². The summed E-state index contributed by atoms with van der Waals surface area (Å²) in [5.74, 6) is 0.871. The van der Waals surface area contributed by atoms with E-state index in [-0.39, 0.29) is 23.7 Å². The minimum Gasteiger partial charge on any atom is -0.468 e. The van der Waals surface area contributed by atoms with Crippen LogP contribution in [0.15, 0.2) is 0 Å². The van der Waals surface area contributed by atoms with E-state index in [9.17, 15) is 4.79 Å². The molecule has 100 valence electrons. The van der Waals surface area contributed by atoms with Crippen molar-refractivity contribution in [2.75, 3.05) is 19.5 Å². The molecule has 0 aromatic rings. The third kappa shape index (κ3) is 3.60. The Bertz CT molecular complexity index is 262. The van der Waals surface area contributed by atoms with E-state index >= 15 is 0 Å². The molecule has 0 amide bonds. The van der Waals surface area contributed by atoms with Gasteiger partial charge in [0.15, 0.2) is 0 Å². The molecule has 0 heterocycles. The average Bonchev–Trinajstić information content (AvgIpc) is 2.71. The van der Waals surface area contributed by atoms with Gasteiger partial charge < -0.3 is 15.6 Å². The second-order valence-corrected chi connectivity index (χ2v) is 6.32. The Morgan fingerprint density at radius 2 is 2.41 bits per heavy atom. The van der Waals surface area contributed by atoms with Gasteiger partial charge in [0, 0.05) is 5.25 Å². The number of thioether (sulfide) groups is 1. The third-order valence-electron chi connectivity index (χ3n) is 3.56. The summed E-state index contributed by atoms with van der Waals surface area (Å²) in [4.78, 5) is 11.7. The van der Waals surface area contributed by atoms with E-state index in [0.29, 0.717) is 0 Å². The summed E-state index contributed by atoms with van der Waals surface area (Å²) in [5, 5.41) is 9.19. The number of nitrogens with two attached hydrogens (primary N) is 1. The summed E-state index contributed by atoms with van der Waals surface area (Å²) in [6, 6.07) is 0. The molecule has 3 N–H and O–H groups in total. The summed E-state index contributed by atoms with van der Waals surface area (Å²) in [5.41, 5.74) is 5.39. The van der Waals surface area contributed by atoms with Crippen LogP contribution in [0.2, 0.25) is 0 Å². The van der Waals surface area contributed by atoms with E-state index in [1.165, 1.54) is 7.11 Å². The predicted molar refractivity (Wildman–Crippen MR) is 69.9 cm³/mol. The highest BCUT2D eigenvalue weighted by molar-refractivity contribution is 7.99. The Hall–Kier alpha value is -0.260. The molecule has 0 saturated heterocycles. The fraction of sp³-hybridized carbons (Fsp3) is 0.917. The van der Waals surface area contributed by atoms with Crippen molar-refractivity contribution in [3.63, 3.8) is 0 Å². The molecule has 1 aliphatic rings. The normalized spacial score (nSPS) is 30.2. The zero-order valence-corrected chi connectivity index (χ0v) is 11.5. The molecule has 0 radical (unpaired) electrons. The molecule has 1 fully saturated rings. The molecule has 1 saturated carbocycles. The first-order chi connectivity index (χ1) is 8.04. The first kappa shape index (κ1) is 14.8. The number of methoxy groups -OCH3 is 1. The zero-order valence-electron chi connectivity index (χ0n) is 10.6. The smallest absolute Gasteiger partial charge is 0.326 e. The lowest BCUT2D eigenvalue weighted by atomic mass is 9.86. The summed E-state index contributed by atoms with van der Waals surface area (Å²) >= 11 is 1.73. The van der Waals surface area contributed by atoms with Crippen molar-refractivity contribution in [3.8, 4) is 0 Å². The molecule has 0 spiro atoms. The number of ether oxygens (including phenoxy) is 1. The van der Waals surface area contributed by atoms with Gasteiger partial charge in [-0.15, -0.1) is 0 Å². The van der Waals surface area contributed by atoms with Gasteiger partial charge >= 0.3 is 5.97 Å². The van der Waals surface area contributed by atoms with Crippen LogP contribution in [-0.2, 0) is 9.53 Å². The van der Waals surface area contributed by atoms with Crippen molar-refractivity contribution in [3.05, 3.63) is 0 Å². The van der Waals surface area contributed by atoms with Gasteiger partial charge in [-0.1, -0.05) is 13.3 Å². The first-order valence-electron chi connectivity index (χ1n) is 6.14. The molecule has 3 unspecified atom stereocenters. The number of hydrogen-bond donors (Lipinski definition) is 2. The molecule has 0 aromatic carbocycles. The summed E-state index contributed by atoms with van der Waals surface area (Å²) in [6.45, 7) is 2.19. The van der Waals surface area contributed by atoms with Crippen molar-refractivity contribution < 1.29 is 14.6 Å². The number of hydrogen-bond acceptors (Lipinski definition) is 5. The summed E-state index contributed by atoms with van der Waals surface area (Å²) in [6.07, 6.45) is 3.64. The maximum absolute atomic E-state index is 11.7. The van der Waals surface area contributed by atoms with Gasteiger partial charge in [0.1, 0.15) is 5.54 Å². The number of carbonyl (C=O) groups excluding carboxylic acids is 1. The Morgan fingerprint density at radius 3 is 3.00 bits per heavy atom. The number of aliphatic hydroxyl groups excluding tert-OH is 1.